The molecule has 2 unspecified atom stereocenters. The molecule has 1 aromatic rings. The van der Waals surface area contributed by atoms with Crippen molar-refractivity contribution in [2.24, 2.45) is 11.7 Å². The van der Waals surface area contributed by atoms with Gasteiger partial charge in [0.2, 0.25) is 5.91 Å². The highest BCUT2D eigenvalue weighted by atomic mass is 19.3. The third-order valence-electron chi connectivity index (χ3n) is 3.07. The van der Waals surface area contributed by atoms with Crippen molar-refractivity contribution in [1.82, 2.24) is 0 Å². The molecule has 21 heavy (non-hydrogen) atoms. The van der Waals surface area contributed by atoms with E-state index in [4.69, 9.17) is 5.73 Å². The van der Waals surface area contributed by atoms with E-state index in [1.54, 1.807) is 12.1 Å². The molecule has 0 heterocycles. The van der Waals surface area contributed by atoms with Gasteiger partial charge in [-0.1, -0.05) is 19.4 Å². The number of halogens is 2. The van der Waals surface area contributed by atoms with Gasteiger partial charge in [-0.2, -0.15) is 8.78 Å². The molecular formula is C15H22F2N2O2. The van der Waals surface area contributed by atoms with Crippen molar-refractivity contribution in [3.05, 3.63) is 24.3 Å². The molecule has 0 aromatic heterocycles. The number of hydrogen-bond donors (Lipinski definition) is 2. The van der Waals surface area contributed by atoms with E-state index in [2.05, 4.69) is 10.1 Å². The molecule has 1 rings (SSSR count). The molecule has 0 aliphatic heterocycles. The first-order valence-corrected chi connectivity index (χ1v) is 6.99. The number of nitrogens with two attached hydrogens (primary N) is 1. The summed E-state index contributed by atoms with van der Waals surface area (Å²) in [4.78, 5) is 12.0. The van der Waals surface area contributed by atoms with Crippen molar-refractivity contribution in [3.63, 3.8) is 0 Å². The Balaban J connectivity index is 2.50. The van der Waals surface area contributed by atoms with E-state index < -0.39 is 6.61 Å². The molecule has 0 aliphatic rings. The zero-order chi connectivity index (χ0) is 15.8. The molecule has 0 spiro atoms. The number of anilines is 1. The monoisotopic (exact) mass is 300 g/mol. The lowest BCUT2D eigenvalue weighted by atomic mass is 10.0. The quantitative estimate of drug-likeness (QED) is 0.773. The number of carbonyl (C=O) groups excluding carboxylic acids is 1. The van der Waals surface area contributed by atoms with E-state index in [1.165, 1.54) is 12.1 Å². The van der Waals surface area contributed by atoms with Crippen LogP contribution in [-0.4, -0.2) is 18.6 Å². The number of ether oxygens (including phenoxy) is 1. The zero-order valence-electron chi connectivity index (χ0n) is 12.3. The van der Waals surface area contributed by atoms with E-state index >= 15 is 0 Å². The van der Waals surface area contributed by atoms with Crippen molar-refractivity contribution in [3.8, 4) is 5.75 Å². The van der Waals surface area contributed by atoms with Gasteiger partial charge in [0.05, 0.1) is 0 Å². The van der Waals surface area contributed by atoms with Crippen LogP contribution in [0.3, 0.4) is 0 Å². The Labute approximate surface area is 123 Å². The summed E-state index contributed by atoms with van der Waals surface area (Å²) in [5, 5.41) is 2.70. The number of nitrogens with one attached hydrogen (secondary N) is 1. The van der Waals surface area contributed by atoms with E-state index in [0.717, 1.165) is 19.3 Å². The summed E-state index contributed by atoms with van der Waals surface area (Å²) < 4.78 is 28.5. The standard InChI is InChI=1S/C15H22F2N2O2/c1-10(5-3-6-11(2)18)14(20)19-12-7-4-8-13(9-12)21-15(16)17/h4,7-11,15H,3,5-6,18H2,1-2H3,(H,19,20). The summed E-state index contributed by atoms with van der Waals surface area (Å²) in [6.45, 7) is 0.878. The van der Waals surface area contributed by atoms with Gasteiger partial charge in [0.1, 0.15) is 5.75 Å². The molecule has 6 heteroatoms. The Kier molecular flexibility index (Phi) is 7.08. The van der Waals surface area contributed by atoms with Crippen LogP contribution in [0, 0.1) is 5.92 Å². The fourth-order valence-electron chi connectivity index (χ4n) is 1.89. The molecule has 1 amide bonds. The number of hydrogen-bond acceptors (Lipinski definition) is 3. The Morgan fingerprint density at radius 2 is 2.05 bits per heavy atom. The van der Waals surface area contributed by atoms with Crippen LogP contribution in [0.5, 0.6) is 5.75 Å². The maximum atomic E-state index is 12.1. The molecule has 0 saturated heterocycles. The van der Waals surface area contributed by atoms with Gasteiger partial charge >= 0.3 is 6.61 Å². The molecule has 0 radical (unpaired) electrons. The number of alkyl halides is 2. The maximum absolute atomic E-state index is 12.1. The Bertz CT molecular complexity index is 453. The van der Waals surface area contributed by atoms with Crippen molar-refractivity contribution >= 4 is 11.6 Å². The molecule has 1 aromatic carbocycles. The number of carbonyl (C=O) groups is 1. The molecular weight excluding hydrogens is 278 g/mol. The minimum absolute atomic E-state index is 0.0207. The van der Waals surface area contributed by atoms with Gasteiger partial charge in [0.25, 0.3) is 0 Å². The lowest BCUT2D eigenvalue weighted by Crippen LogP contribution is -2.21. The summed E-state index contributed by atoms with van der Waals surface area (Å²) in [5.74, 6) is -0.287. The summed E-state index contributed by atoms with van der Waals surface area (Å²) in [6.07, 6.45) is 2.48. The summed E-state index contributed by atoms with van der Waals surface area (Å²) in [5.41, 5.74) is 6.10. The van der Waals surface area contributed by atoms with E-state index in [9.17, 15) is 13.6 Å². The normalized spacial score (nSPS) is 13.8. The average molecular weight is 300 g/mol. The van der Waals surface area contributed by atoms with Crippen LogP contribution in [0.1, 0.15) is 33.1 Å². The van der Waals surface area contributed by atoms with Crippen molar-refractivity contribution in [2.45, 2.75) is 45.8 Å². The summed E-state index contributed by atoms with van der Waals surface area (Å²) in [7, 11) is 0. The highest BCUT2D eigenvalue weighted by Gasteiger charge is 2.13. The van der Waals surface area contributed by atoms with Crippen LogP contribution >= 0.6 is 0 Å². The van der Waals surface area contributed by atoms with Gasteiger partial charge in [-0.25, -0.2) is 0 Å². The van der Waals surface area contributed by atoms with Crippen LogP contribution in [0.4, 0.5) is 14.5 Å². The van der Waals surface area contributed by atoms with Crippen molar-refractivity contribution in [2.75, 3.05) is 5.32 Å². The smallest absolute Gasteiger partial charge is 0.387 e. The lowest BCUT2D eigenvalue weighted by molar-refractivity contribution is -0.119. The Morgan fingerprint density at radius 1 is 1.33 bits per heavy atom. The second-order valence-electron chi connectivity index (χ2n) is 5.20. The van der Waals surface area contributed by atoms with Crippen molar-refractivity contribution < 1.29 is 18.3 Å². The van der Waals surface area contributed by atoms with Gasteiger partial charge in [0, 0.05) is 23.7 Å². The van der Waals surface area contributed by atoms with Gasteiger partial charge in [0.15, 0.2) is 0 Å². The number of rotatable bonds is 8. The minimum Gasteiger partial charge on any atom is -0.435 e. The highest BCUT2D eigenvalue weighted by molar-refractivity contribution is 5.92. The third-order valence-corrected chi connectivity index (χ3v) is 3.07. The van der Waals surface area contributed by atoms with Crippen LogP contribution in [0.2, 0.25) is 0 Å². The van der Waals surface area contributed by atoms with Gasteiger partial charge in [-0.15, -0.1) is 0 Å². The van der Waals surface area contributed by atoms with E-state index in [-0.39, 0.29) is 23.6 Å². The van der Waals surface area contributed by atoms with Crippen LogP contribution in [0.25, 0.3) is 0 Å². The third kappa shape index (κ3) is 7.04. The molecule has 3 N–H and O–H groups in total. The molecule has 0 bridgehead atoms. The van der Waals surface area contributed by atoms with Gasteiger partial charge < -0.3 is 15.8 Å². The molecule has 0 saturated carbocycles. The second-order valence-corrected chi connectivity index (χ2v) is 5.20. The SMILES string of the molecule is CC(N)CCCC(C)C(=O)Nc1cccc(OC(F)F)c1. The van der Waals surface area contributed by atoms with E-state index in [0.29, 0.717) is 5.69 Å². The molecule has 0 fully saturated rings. The van der Waals surface area contributed by atoms with E-state index in [1.807, 2.05) is 13.8 Å². The van der Waals surface area contributed by atoms with Crippen LogP contribution in [-0.2, 0) is 4.79 Å². The zero-order valence-corrected chi connectivity index (χ0v) is 12.3. The second kappa shape index (κ2) is 8.56. The predicted octanol–water partition coefficient (Wildman–Crippen LogP) is 3.38. The van der Waals surface area contributed by atoms with Crippen LogP contribution < -0.4 is 15.8 Å². The average Bonchev–Trinajstić information content (AvgIpc) is 2.37. The number of amides is 1. The predicted molar refractivity (Wildman–Crippen MR) is 78.4 cm³/mol. The first-order chi connectivity index (χ1) is 9.88. The number of benzene rings is 1. The maximum Gasteiger partial charge on any atom is 0.387 e. The first-order valence-electron chi connectivity index (χ1n) is 6.99. The molecule has 2 atom stereocenters. The fourth-order valence-corrected chi connectivity index (χ4v) is 1.89. The summed E-state index contributed by atoms with van der Waals surface area (Å²) >= 11 is 0. The summed E-state index contributed by atoms with van der Waals surface area (Å²) in [6, 6.07) is 6.09. The minimum atomic E-state index is -2.88. The molecule has 0 aliphatic carbocycles. The van der Waals surface area contributed by atoms with Gasteiger partial charge in [-0.05, 0) is 31.9 Å². The largest absolute Gasteiger partial charge is 0.435 e. The topological polar surface area (TPSA) is 64.4 Å². The highest BCUT2D eigenvalue weighted by Crippen LogP contribution is 2.20. The fraction of sp³-hybridized carbons (Fsp3) is 0.533. The molecule has 4 nitrogen and oxygen atoms in total. The first kappa shape index (κ1) is 17.4. The Morgan fingerprint density at radius 3 is 2.67 bits per heavy atom. The van der Waals surface area contributed by atoms with Crippen molar-refractivity contribution in [1.29, 1.82) is 0 Å². The van der Waals surface area contributed by atoms with Crippen LogP contribution in [0.15, 0.2) is 24.3 Å². The lowest BCUT2D eigenvalue weighted by Gasteiger charge is -2.13. The molecule has 118 valence electrons. The Hall–Kier alpha value is -1.69. The van der Waals surface area contributed by atoms with Gasteiger partial charge in [-0.3, -0.25) is 4.79 Å².